The largest absolute Gasteiger partial charge is 0.481 e. The lowest BCUT2D eigenvalue weighted by atomic mass is 10.1. The van der Waals surface area contributed by atoms with Gasteiger partial charge in [-0.3, -0.25) is 4.79 Å². The lowest BCUT2D eigenvalue weighted by molar-refractivity contribution is -0.136. The van der Waals surface area contributed by atoms with Crippen LogP contribution in [-0.2, 0) is 11.2 Å². The average molecular weight is 255 g/mol. The predicted molar refractivity (Wildman–Crippen MR) is 67.3 cm³/mol. The highest BCUT2D eigenvalue weighted by atomic mass is 32.2. The van der Waals surface area contributed by atoms with Crippen molar-refractivity contribution in [3.05, 3.63) is 29.6 Å². The fraction of sp³-hybridized carbons (Fsp3) is 0.417. The van der Waals surface area contributed by atoms with Crippen molar-refractivity contribution in [1.29, 1.82) is 0 Å². The lowest BCUT2D eigenvalue weighted by Crippen LogP contribution is -2.33. The van der Waals surface area contributed by atoms with Crippen molar-refractivity contribution >= 4 is 23.4 Å². The summed E-state index contributed by atoms with van der Waals surface area (Å²) in [7, 11) is 0. The standard InChI is InChI=1S/C12H14FNO2S/c13-10-7-9(8-12(15)16)1-2-11(10)14-3-5-17-6-4-14/h1-2,7H,3-6,8H2,(H,15,16). The van der Waals surface area contributed by atoms with Crippen LogP contribution in [-0.4, -0.2) is 35.7 Å². The first kappa shape index (κ1) is 12.2. The molecule has 1 fully saturated rings. The van der Waals surface area contributed by atoms with E-state index in [-0.39, 0.29) is 12.2 Å². The zero-order chi connectivity index (χ0) is 12.3. The first-order valence-corrected chi connectivity index (χ1v) is 6.65. The molecule has 17 heavy (non-hydrogen) atoms. The number of benzene rings is 1. The third kappa shape index (κ3) is 3.12. The van der Waals surface area contributed by atoms with E-state index in [2.05, 4.69) is 0 Å². The van der Waals surface area contributed by atoms with Crippen molar-refractivity contribution in [3.63, 3.8) is 0 Å². The summed E-state index contributed by atoms with van der Waals surface area (Å²) in [5, 5.41) is 8.64. The summed E-state index contributed by atoms with van der Waals surface area (Å²) in [6.45, 7) is 1.69. The Hall–Kier alpha value is -1.23. The summed E-state index contributed by atoms with van der Waals surface area (Å²) in [4.78, 5) is 12.5. The van der Waals surface area contributed by atoms with Gasteiger partial charge in [0.1, 0.15) is 5.82 Å². The number of rotatable bonds is 3. The van der Waals surface area contributed by atoms with E-state index in [4.69, 9.17) is 5.11 Å². The topological polar surface area (TPSA) is 40.5 Å². The molecular weight excluding hydrogens is 241 g/mol. The fourth-order valence-electron chi connectivity index (χ4n) is 1.90. The van der Waals surface area contributed by atoms with E-state index in [0.717, 1.165) is 24.6 Å². The molecule has 0 atom stereocenters. The lowest BCUT2D eigenvalue weighted by Gasteiger charge is -2.28. The van der Waals surface area contributed by atoms with Crippen LogP contribution in [0.4, 0.5) is 10.1 Å². The van der Waals surface area contributed by atoms with Crippen molar-refractivity contribution in [2.24, 2.45) is 0 Å². The van der Waals surface area contributed by atoms with E-state index in [1.165, 1.54) is 6.07 Å². The first-order valence-electron chi connectivity index (χ1n) is 5.50. The molecule has 1 saturated heterocycles. The molecule has 1 aliphatic rings. The van der Waals surface area contributed by atoms with E-state index in [0.29, 0.717) is 11.3 Å². The Bertz CT molecular complexity index is 419. The zero-order valence-electron chi connectivity index (χ0n) is 9.36. The van der Waals surface area contributed by atoms with Gasteiger partial charge in [0, 0.05) is 24.6 Å². The number of thioether (sulfide) groups is 1. The van der Waals surface area contributed by atoms with Crippen LogP contribution in [0.5, 0.6) is 0 Å². The maximum Gasteiger partial charge on any atom is 0.307 e. The molecule has 1 aromatic rings. The summed E-state index contributed by atoms with van der Waals surface area (Å²) < 4.78 is 13.8. The van der Waals surface area contributed by atoms with Crippen LogP contribution in [0.25, 0.3) is 0 Å². The van der Waals surface area contributed by atoms with Crippen molar-refractivity contribution in [3.8, 4) is 0 Å². The molecule has 0 amide bonds. The van der Waals surface area contributed by atoms with Gasteiger partial charge in [-0.25, -0.2) is 4.39 Å². The number of carboxylic acids is 1. The number of carbonyl (C=O) groups is 1. The molecule has 0 aromatic heterocycles. The number of anilines is 1. The normalized spacial score (nSPS) is 15.9. The highest BCUT2D eigenvalue weighted by Crippen LogP contribution is 2.23. The minimum Gasteiger partial charge on any atom is -0.481 e. The quantitative estimate of drug-likeness (QED) is 0.897. The summed E-state index contributed by atoms with van der Waals surface area (Å²) in [6, 6.07) is 4.70. The molecule has 1 heterocycles. The van der Waals surface area contributed by atoms with E-state index >= 15 is 0 Å². The second-order valence-electron chi connectivity index (χ2n) is 3.96. The van der Waals surface area contributed by atoms with Gasteiger partial charge in [0.2, 0.25) is 0 Å². The molecule has 0 aliphatic carbocycles. The first-order chi connectivity index (χ1) is 8.16. The van der Waals surface area contributed by atoms with Crippen LogP contribution in [0.1, 0.15) is 5.56 Å². The molecule has 2 rings (SSSR count). The Morgan fingerprint density at radius 1 is 1.41 bits per heavy atom. The predicted octanol–water partition coefficient (Wildman–Crippen LogP) is 2.01. The molecule has 5 heteroatoms. The number of halogens is 1. The van der Waals surface area contributed by atoms with Gasteiger partial charge in [-0.05, 0) is 17.7 Å². The molecule has 0 radical (unpaired) electrons. The molecule has 0 bridgehead atoms. The number of hydrogen-bond acceptors (Lipinski definition) is 3. The van der Waals surface area contributed by atoms with E-state index in [1.807, 2.05) is 16.7 Å². The summed E-state index contributed by atoms with van der Waals surface area (Å²) in [5.74, 6) is 0.759. The molecule has 1 aliphatic heterocycles. The third-order valence-electron chi connectivity index (χ3n) is 2.72. The minimum atomic E-state index is -0.938. The monoisotopic (exact) mass is 255 g/mol. The number of nitrogens with zero attached hydrogens (tertiary/aromatic N) is 1. The highest BCUT2D eigenvalue weighted by molar-refractivity contribution is 7.99. The average Bonchev–Trinajstić information content (AvgIpc) is 2.29. The van der Waals surface area contributed by atoms with Gasteiger partial charge in [0.15, 0.2) is 0 Å². The van der Waals surface area contributed by atoms with Gasteiger partial charge >= 0.3 is 5.97 Å². The molecule has 0 unspecified atom stereocenters. The van der Waals surface area contributed by atoms with E-state index < -0.39 is 5.97 Å². The second-order valence-corrected chi connectivity index (χ2v) is 5.18. The van der Waals surface area contributed by atoms with Crippen LogP contribution < -0.4 is 4.90 Å². The molecule has 0 saturated carbocycles. The molecule has 1 aromatic carbocycles. The smallest absolute Gasteiger partial charge is 0.307 e. The Labute approximate surface area is 104 Å². The highest BCUT2D eigenvalue weighted by Gasteiger charge is 2.15. The van der Waals surface area contributed by atoms with Crippen molar-refractivity contribution in [1.82, 2.24) is 0 Å². The van der Waals surface area contributed by atoms with Crippen LogP contribution in [0, 0.1) is 5.82 Å². The third-order valence-corrected chi connectivity index (χ3v) is 3.66. The maximum atomic E-state index is 13.8. The van der Waals surface area contributed by atoms with Crippen molar-refractivity contribution < 1.29 is 14.3 Å². The maximum absolute atomic E-state index is 13.8. The van der Waals surface area contributed by atoms with Gasteiger partial charge in [0.05, 0.1) is 12.1 Å². The van der Waals surface area contributed by atoms with E-state index in [9.17, 15) is 9.18 Å². The van der Waals surface area contributed by atoms with Gasteiger partial charge in [-0.2, -0.15) is 11.8 Å². The number of hydrogen-bond donors (Lipinski definition) is 1. The SMILES string of the molecule is O=C(O)Cc1ccc(N2CCSCC2)c(F)c1. The van der Waals surface area contributed by atoms with Crippen LogP contribution in [0.15, 0.2) is 18.2 Å². The minimum absolute atomic E-state index is 0.132. The molecule has 0 spiro atoms. The summed E-state index contributed by atoms with van der Waals surface area (Å²) in [6.07, 6.45) is -0.132. The van der Waals surface area contributed by atoms with Gasteiger partial charge in [-0.1, -0.05) is 6.07 Å². The van der Waals surface area contributed by atoms with Crippen LogP contribution in [0.2, 0.25) is 0 Å². The molecule has 1 N–H and O–H groups in total. The van der Waals surface area contributed by atoms with Crippen LogP contribution in [0.3, 0.4) is 0 Å². The summed E-state index contributed by atoms with van der Waals surface area (Å²) in [5.41, 5.74) is 1.09. The fourth-order valence-corrected chi connectivity index (χ4v) is 2.80. The Kier molecular flexibility index (Phi) is 3.89. The Morgan fingerprint density at radius 3 is 2.71 bits per heavy atom. The van der Waals surface area contributed by atoms with Gasteiger partial charge in [-0.15, -0.1) is 0 Å². The van der Waals surface area contributed by atoms with Crippen molar-refractivity contribution in [2.75, 3.05) is 29.5 Å². The van der Waals surface area contributed by atoms with Crippen molar-refractivity contribution in [2.45, 2.75) is 6.42 Å². The molecular formula is C12H14FNO2S. The van der Waals surface area contributed by atoms with Crippen LogP contribution >= 0.6 is 11.8 Å². The zero-order valence-corrected chi connectivity index (χ0v) is 10.2. The molecule has 92 valence electrons. The second kappa shape index (κ2) is 5.40. The van der Waals surface area contributed by atoms with E-state index in [1.54, 1.807) is 12.1 Å². The number of carboxylic acid groups (broad SMARTS) is 1. The molecule has 3 nitrogen and oxygen atoms in total. The number of aliphatic carboxylic acids is 1. The Balaban J connectivity index is 2.15. The van der Waals surface area contributed by atoms with Gasteiger partial charge in [0.25, 0.3) is 0 Å². The Morgan fingerprint density at radius 2 is 2.12 bits per heavy atom. The summed E-state index contributed by atoms with van der Waals surface area (Å²) >= 11 is 1.87. The van der Waals surface area contributed by atoms with Gasteiger partial charge < -0.3 is 10.0 Å².